The van der Waals surface area contributed by atoms with Crippen molar-refractivity contribution >= 4 is 11.6 Å². The summed E-state index contributed by atoms with van der Waals surface area (Å²) >= 11 is 0. The number of carbonyl (C=O) groups is 1. The van der Waals surface area contributed by atoms with E-state index in [0.717, 1.165) is 31.6 Å². The highest BCUT2D eigenvalue weighted by atomic mass is 16.1. The van der Waals surface area contributed by atoms with E-state index in [2.05, 4.69) is 15.2 Å². The van der Waals surface area contributed by atoms with Gasteiger partial charge in [-0.15, -0.1) is 0 Å². The second-order valence-electron chi connectivity index (χ2n) is 5.90. The molecule has 0 atom stereocenters. The molecule has 1 amide bonds. The van der Waals surface area contributed by atoms with Crippen molar-refractivity contribution in [1.82, 2.24) is 10.3 Å². The minimum atomic E-state index is -0.0158. The Balaban J connectivity index is 1.66. The first kappa shape index (κ1) is 13.4. The molecule has 1 saturated carbocycles. The number of hydrogen-bond donors (Lipinski definition) is 1. The molecule has 2 aliphatic rings. The predicted octanol–water partition coefficient (Wildman–Crippen LogP) is 2.74. The maximum absolute atomic E-state index is 12.3. The fraction of sp³-hybridized carbons (Fsp3) is 0.625. The third-order valence-electron chi connectivity index (χ3n) is 4.39. The van der Waals surface area contributed by atoms with Crippen molar-refractivity contribution in [1.29, 1.82) is 0 Å². The van der Waals surface area contributed by atoms with E-state index in [0.29, 0.717) is 11.7 Å². The van der Waals surface area contributed by atoms with E-state index in [1.54, 1.807) is 6.20 Å². The van der Waals surface area contributed by atoms with Crippen molar-refractivity contribution in [2.45, 2.75) is 51.0 Å². The van der Waals surface area contributed by atoms with Crippen LogP contribution in [0, 0.1) is 0 Å². The molecule has 3 rings (SSSR count). The van der Waals surface area contributed by atoms with Gasteiger partial charge in [0.2, 0.25) is 0 Å². The first-order valence-electron chi connectivity index (χ1n) is 7.85. The minimum Gasteiger partial charge on any atom is -0.371 e. The van der Waals surface area contributed by atoms with Crippen LogP contribution < -0.4 is 10.2 Å². The molecule has 2 heterocycles. The molecule has 4 heteroatoms. The molecule has 1 saturated heterocycles. The average molecular weight is 273 g/mol. The Bertz CT molecular complexity index is 463. The van der Waals surface area contributed by atoms with Gasteiger partial charge in [0.15, 0.2) is 0 Å². The highest BCUT2D eigenvalue weighted by molar-refractivity contribution is 5.93. The smallest absolute Gasteiger partial charge is 0.270 e. The minimum absolute atomic E-state index is 0.0158. The van der Waals surface area contributed by atoms with Gasteiger partial charge in [-0.3, -0.25) is 9.78 Å². The molecular formula is C16H23N3O. The van der Waals surface area contributed by atoms with Crippen LogP contribution in [0.5, 0.6) is 0 Å². The molecule has 0 bridgehead atoms. The predicted molar refractivity (Wildman–Crippen MR) is 80.0 cm³/mol. The molecule has 0 radical (unpaired) electrons. The molecule has 1 aromatic rings. The maximum Gasteiger partial charge on any atom is 0.270 e. The van der Waals surface area contributed by atoms with Crippen molar-refractivity contribution in [3.05, 3.63) is 24.0 Å². The summed E-state index contributed by atoms with van der Waals surface area (Å²) in [5, 5.41) is 3.13. The van der Waals surface area contributed by atoms with Gasteiger partial charge in [-0.05, 0) is 37.8 Å². The lowest BCUT2D eigenvalue weighted by atomic mass is 9.95. The van der Waals surface area contributed by atoms with Gasteiger partial charge >= 0.3 is 0 Å². The summed E-state index contributed by atoms with van der Waals surface area (Å²) < 4.78 is 0. The second-order valence-corrected chi connectivity index (χ2v) is 5.90. The van der Waals surface area contributed by atoms with E-state index < -0.39 is 0 Å². The van der Waals surface area contributed by atoms with E-state index in [4.69, 9.17) is 0 Å². The highest BCUT2D eigenvalue weighted by Gasteiger charge is 2.19. The van der Waals surface area contributed by atoms with Crippen LogP contribution in [0.2, 0.25) is 0 Å². The zero-order chi connectivity index (χ0) is 13.8. The largest absolute Gasteiger partial charge is 0.371 e. The van der Waals surface area contributed by atoms with Gasteiger partial charge in [-0.2, -0.15) is 0 Å². The number of nitrogens with one attached hydrogen (secondary N) is 1. The summed E-state index contributed by atoms with van der Waals surface area (Å²) in [4.78, 5) is 18.9. The molecular weight excluding hydrogens is 250 g/mol. The number of hydrogen-bond acceptors (Lipinski definition) is 3. The standard InChI is InChI=1S/C16H23N3O/c20-16(18-13-6-2-1-3-7-13)15-12-14(8-9-17-15)19-10-4-5-11-19/h8-9,12-13H,1-7,10-11H2,(H,18,20). The summed E-state index contributed by atoms with van der Waals surface area (Å²) in [5.74, 6) is -0.0158. The van der Waals surface area contributed by atoms with Crippen LogP contribution in [-0.2, 0) is 0 Å². The van der Waals surface area contributed by atoms with Gasteiger partial charge in [-0.1, -0.05) is 19.3 Å². The first-order chi connectivity index (χ1) is 9.83. The number of carbonyl (C=O) groups excluding carboxylic acids is 1. The fourth-order valence-corrected chi connectivity index (χ4v) is 3.22. The van der Waals surface area contributed by atoms with Crippen LogP contribution >= 0.6 is 0 Å². The van der Waals surface area contributed by atoms with Gasteiger partial charge in [0, 0.05) is 31.0 Å². The van der Waals surface area contributed by atoms with Crippen LogP contribution in [-0.4, -0.2) is 30.0 Å². The molecule has 0 aromatic carbocycles. The van der Waals surface area contributed by atoms with Crippen LogP contribution in [0.15, 0.2) is 18.3 Å². The Labute approximate surface area is 120 Å². The van der Waals surface area contributed by atoms with Crippen molar-refractivity contribution in [2.75, 3.05) is 18.0 Å². The van der Waals surface area contributed by atoms with E-state index in [9.17, 15) is 4.79 Å². The monoisotopic (exact) mass is 273 g/mol. The quantitative estimate of drug-likeness (QED) is 0.921. The summed E-state index contributed by atoms with van der Waals surface area (Å²) in [5.41, 5.74) is 1.69. The van der Waals surface area contributed by atoms with Gasteiger partial charge in [-0.25, -0.2) is 0 Å². The Morgan fingerprint density at radius 2 is 1.90 bits per heavy atom. The fourth-order valence-electron chi connectivity index (χ4n) is 3.22. The molecule has 1 N–H and O–H groups in total. The molecule has 1 aromatic heterocycles. The Morgan fingerprint density at radius 3 is 2.65 bits per heavy atom. The molecule has 1 aliphatic carbocycles. The highest BCUT2D eigenvalue weighted by Crippen LogP contribution is 2.21. The Morgan fingerprint density at radius 1 is 1.15 bits per heavy atom. The third kappa shape index (κ3) is 3.11. The van der Waals surface area contributed by atoms with Gasteiger partial charge in [0.1, 0.15) is 5.69 Å². The Kier molecular flexibility index (Phi) is 4.19. The number of aromatic nitrogens is 1. The zero-order valence-electron chi connectivity index (χ0n) is 12.0. The molecule has 108 valence electrons. The summed E-state index contributed by atoms with van der Waals surface area (Å²) in [6.07, 6.45) is 10.2. The van der Waals surface area contributed by atoms with Crippen LogP contribution in [0.1, 0.15) is 55.4 Å². The number of pyridine rings is 1. The van der Waals surface area contributed by atoms with Gasteiger partial charge in [0.05, 0.1) is 0 Å². The van der Waals surface area contributed by atoms with E-state index >= 15 is 0 Å². The normalized spacial score (nSPS) is 20.1. The second kappa shape index (κ2) is 6.25. The van der Waals surface area contributed by atoms with Crippen molar-refractivity contribution < 1.29 is 4.79 Å². The average Bonchev–Trinajstić information content (AvgIpc) is 3.03. The van der Waals surface area contributed by atoms with Crippen LogP contribution in [0.4, 0.5) is 5.69 Å². The summed E-state index contributed by atoms with van der Waals surface area (Å²) in [7, 11) is 0. The van der Waals surface area contributed by atoms with E-state index in [1.807, 2.05) is 12.1 Å². The zero-order valence-corrected chi connectivity index (χ0v) is 12.0. The number of anilines is 1. The molecule has 1 aliphatic heterocycles. The molecule has 2 fully saturated rings. The first-order valence-corrected chi connectivity index (χ1v) is 7.85. The van der Waals surface area contributed by atoms with Crippen molar-refractivity contribution in [2.24, 2.45) is 0 Å². The van der Waals surface area contributed by atoms with E-state index in [-0.39, 0.29) is 5.91 Å². The molecule has 20 heavy (non-hydrogen) atoms. The van der Waals surface area contributed by atoms with Crippen molar-refractivity contribution in [3.8, 4) is 0 Å². The number of amides is 1. The Hall–Kier alpha value is -1.58. The molecule has 4 nitrogen and oxygen atoms in total. The van der Waals surface area contributed by atoms with E-state index in [1.165, 1.54) is 32.1 Å². The third-order valence-corrected chi connectivity index (χ3v) is 4.39. The van der Waals surface area contributed by atoms with Gasteiger partial charge < -0.3 is 10.2 Å². The lowest BCUT2D eigenvalue weighted by molar-refractivity contribution is 0.0922. The van der Waals surface area contributed by atoms with Crippen LogP contribution in [0.3, 0.4) is 0 Å². The summed E-state index contributed by atoms with van der Waals surface area (Å²) in [6, 6.07) is 4.28. The SMILES string of the molecule is O=C(NC1CCCCC1)c1cc(N2CCCC2)ccn1. The number of nitrogens with zero attached hydrogens (tertiary/aromatic N) is 2. The molecule has 0 unspecified atom stereocenters. The summed E-state index contributed by atoms with van der Waals surface area (Å²) in [6.45, 7) is 2.18. The number of rotatable bonds is 3. The van der Waals surface area contributed by atoms with Gasteiger partial charge in [0.25, 0.3) is 5.91 Å². The van der Waals surface area contributed by atoms with Crippen LogP contribution in [0.25, 0.3) is 0 Å². The topological polar surface area (TPSA) is 45.2 Å². The lowest BCUT2D eigenvalue weighted by Crippen LogP contribution is -2.36. The van der Waals surface area contributed by atoms with Crippen molar-refractivity contribution in [3.63, 3.8) is 0 Å². The molecule has 0 spiro atoms. The maximum atomic E-state index is 12.3. The lowest BCUT2D eigenvalue weighted by Gasteiger charge is -2.23.